The van der Waals surface area contributed by atoms with Crippen molar-refractivity contribution in [3.63, 3.8) is 0 Å². The third-order valence-electron chi connectivity index (χ3n) is 4.39. The Morgan fingerprint density at radius 3 is 2.58 bits per heavy atom. The van der Waals surface area contributed by atoms with Crippen molar-refractivity contribution in [3.8, 4) is 0 Å². The Hall–Kier alpha value is -1.81. The second-order valence-corrected chi connectivity index (χ2v) is 9.69. The summed E-state index contributed by atoms with van der Waals surface area (Å²) in [7, 11) is -1.40. The van der Waals surface area contributed by atoms with E-state index in [9.17, 15) is 8.42 Å². The van der Waals surface area contributed by atoms with Gasteiger partial charge in [-0.25, -0.2) is 13.4 Å². The van der Waals surface area contributed by atoms with E-state index in [1.807, 2.05) is 13.0 Å². The molecule has 3 rings (SSSR count). The lowest BCUT2D eigenvalue weighted by Crippen LogP contribution is -3.12. The number of anilines is 1. The lowest BCUT2D eigenvalue weighted by Gasteiger charge is -2.29. The summed E-state index contributed by atoms with van der Waals surface area (Å²) < 4.78 is 26.9. The third kappa shape index (κ3) is 4.29. The number of nitrogens with one attached hydrogen (secondary N) is 2. The van der Waals surface area contributed by atoms with Crippen molar-refractivity contribution in [3.05, 3.63) is 40.2 Å². The predicted molar refractivity (Wildman–Crippen MR) is 105 cm³/mol. The van der Waals surface area contributed by atoms with Gasteiger partial charge in [0, 0.05) is 11.1 Å². The fourth-order valence-corrected chi connectivity index (χ4v) is 4.88. The van der Waals surface area contributed by atoms with Gasteiger partial charge in [0.2, 0.25) is 10.0 Å². The largest absolute Gasteiger partial charge is 0.335 e. The van der Waals surface area contributed by atoms with Gasteiger partial charge in [-0.3, -0.25) is 5.43 Å². The van der Waals surface area contributed by atoms with Crippen LogP contribution in [0.4, 0.5) is 5.82 Å². The number of quaternary nitrogens is 1. The minimum atomic E-state index is -3.48. The maximum atomic E-state index is 12.7. The highest BCUT2D eigenvalue weighted by molar-refractivity contribution is 7.89. The molecule has 0 atom stereocenters. The number of aromatic nitrogens is 1. The molecule has 0 unspecified atom stereocenters. The molecule has 7 nitrogen and oxygen atoms in total. The number of nitrogens with zero attached hydrogens (tertiary/aromatic N) is 3. The Balaban J connectivity index is 1.68. The average molecular weight is 395 g/mol. The molecule has 0 spiro atoms. The molecule has 0 radical (unpaired) electrons. The zero-order valence-corrected chi connectivity index (χ0v) is 16.8. The number of likely N-dealkylation sites (N-methyl/N-ethyl adjacent to an activating group) is 1. The van der Waals surface area contributed by atoms with E-state index in [4.69, 9.17) is 0 Å². The number of hydrogen-bond acceptors (Lipinski definition) is 6. The molecule has 0 saturated carbocycles. The van der Waals surface area contributed by atoms with Gasteiger partial charge in [0.1, 0.15) is 10.7 Å². The molecule has 140 valence electrons. The van der Waals surface area contributed by atoms with Crippen molar-refractivity contribution in [2.24, 2.45) is 5.10 Å². The van der Waals surface area contributed by atoms with Crippen LogP contribution in [0.3, 0.4) is 0 Å². The highest BCUT2D eigenvalue weighted by Crippen LogP contribution is 2.18. The Kier molecular flexibility index (Phi) is 5.71. The van der Waals surface area contributed by atoms with Crippen molar-refractivity contribution >= 4 is 32.9 Å². The first-order chi connectivity index (χ1) is 12.4. The average Bonchev–Trinajstić information content (AvgIpc) is 3.07. The zero-order valence-electron chi connectivity index (χ0n) is 15.2. The van der Waals surface area contributed by atoms with E-state index in [0.717, 1.165) is 23.7 Å². The van der Waals surface area contributed by atoms with Gasteiger partial charge >= 0.3 is 0 Å². The summed E-state index contributed by atoms with van der Waals surface area (Å²) >= 11 is 1.67. The maximum Gasteiger partial charge on any atom is 0.245 e. The Bertz CT molecular complexity index is 882. The van der Waals surface area contributed by atoms with E-state index in [-0.39, 0.29) is 4.90 Å². The van der Waals surface area contributed by atoms with Crippen LogP contribution in [0, 0.1) is 6.92 Å². The Morgan fingerprint density at radius 2 is 2.00 bits per heavy atom. The van der Waals surface area contributed by atoms with Gasteiger partial charge in [0.15, 0.2) is 0 Å². The van der Waals surface area contributed by atoms with Crippen LogP contribution in [-0.4, -0.2) is 56.6 Å². The second-order valence-electron chi connectivity index (χ2n) is 6.46. The van der Waals surface area contributed by atoms with E-state index in [1.165, 1.54) is 20.3 Å². The molecule has 1 aliphatic rings. The zero-order chi connectivity index (χ0) is 18.7. The number of hydrogen-bond donors (Lipinski definition) is 2. The first-order valence-electron chi connectivity index (χ1n) is 8.51. The predicted octanol–water partition coefficient (Wildman–Crippen LogP) is 0.807. The van der Waals surface area contributed by atoms with Gasteiger partial charge in [-0.15, -0.1) is 11.3 Å². The maximum absolute atomic E-state index is 12.7. The van der Waals surface area contributed by atoms with Gasteiger partial charge in [-0.05, 0) is 38.1 Å². The van der Waals surface area contributed by atoms with Crippen molar-refractivity contribution < 1.29 is 13.3 Å². The highest BCUT2D eigenvalue weighted by atomic mass is 32.2. The normalized spacial score (nSPS) is 17.4. The topological polar surface area (TPSA) is 79.1 Å². The van der Waals surface area contributed by atoms with Crippen LogP contribution < -0.4 is 10.3 Å². The summed E-state index contributed by atoms with van der Waals surface area (Å²) in [6.07, 6.45) is 1.39. The van der Waals surface area contributed by atoms with Gasteiger partial charge < -0.3 is 4.90 Å². The van der Waals surface area contributed by atoms with E-state index in [2.05, 4.69) is 35.5 Å². The molecular weight excluding hydrogens is 370 g/mol. The van der Waals surface area contributed by atoms with E-state index in [0.29, 0.717) is 18.9 Å². The number of piperazine rings is 1. The van der Waals surface area contributed by atoms with E-state index >= 15 is 0 Å². The van der Waals surface area contributed by atoms with Crippen LogP contribution in [0.1, 0.15) is 16.7 Å². The van der Waals surface area contributed by atoms with Crippen LogP contribution in [0.2, 0.25) is 0 Å². The molecule has 2 aromatic heterocycles. The number of pyridine rings is 1. The molecule has 0 amide bonds. The van der Waals surface area contributed by atoms with Crippen molar-refractivity contribution in [2.75, 3.05) is 38.7 Å². The Labute approximate surface area is 158 Å². The van der Waals surface area contributed by atoms with Gasteiger partial charge in [0.05, 0.1) is 43.8 Å². The monoisotopic (exact) mass is 394 g/mol. The summed E-state index contributed by atoms with van der Waals surface area (Å²) in [5.74, 6) is 0.513. The molecular formula is C17H24N5O2S2+. The van der Waals surface area contributed by atoms with Gasteiger partial charge in [0.25, 0.3) is 0 Å². The van der Waals surface area contributed by atoms with Crippen LogP contribution in [-0.2, 0) is 10.0 Å². The third-order valence-corrected chi connectivity index (χ3v) is 7.38. The van der Waals surface area contributed by atoms with Crippen molar-refractivity contribution in [1.82, 2.24) is 9.29 Å². The molecule has 1 saturated heterocycles. The summed E-state index contributed by atoms with van der Waals surface area (Å²) in [6.45, 7) is 6.70. The van der Waals surface area contributed by atoms with Crippen LogP contribution in [0.5, 0.6) is 0 Å². The van der Waals surface area contributed by atoms with E-state index < -0.39 is 10.0 Å². The van der Waals surface area contributed by atoms with Crippen molar-refractivity contribution in [1.29, 1.82) is 0 Å². The smallest absolute Gasteiger partial charge is 0.245 e. The SMILES string of the molecule is C/C(=N/Nc1ccc(S(=O)(=O)N2CC[NH+](C)CC2)cn1)c1ccc(C)s1. The summed E-state index contributed by atoms with van der Waals surface area (Å²) in [5.41, 5.74) is 3.75. The molecule has 0 aromatic carbocycles. The fraction of sp³-hybridized carbons (Fsp3) is 0.412. The lowest BCUT2D eigenvalue weighted by atomic mass is 10.3. The quantitative estimate of drug-likeness (QED) is 0.581. The van der Waals surface area contributed by atoms with Crippen molar-refractivity contribution in [2.45, 2.75) is 18.7 Å². The van der Waals surface area contributed by atoms with Crippen LogP contribution >= 0.6 is 11.3 Å². The summed E-state index contributed by atoms with van der Waals surface area (Å²) in [6, 6.07) is 7.30. The first-order valence-corrected chi connectivity index (χ1v) is 10.8. The molecule has 3 heterocycles. The second kappa shape index (κ2) is 7.83. The standard InChI is InChI=1S/C17H23N5O2S2/c1-13-4-6-16(25-13)14(2)19-20-17-7-5-15(12-18-17)26(23,24)22-10-8-21(3)9-11-22/h4-7,12H,8-11H2,1-3H3,(H,18,20)/p+1/b19-14-. The molecule has 2 aromatic rings. The summed E-state index contributed by atoms with van der Waals surface area (Å²) in [5, 5.41) is 4.32. The number of aryl methyl sites for hydroxylation is 1. The number of sulfonamides is 1. The molecule has 1 fully saturated rings. The van der Waals surface area contributed by atoms with Gasteiger partial charge in [-0.2, -0.15) is 9.41 Å². The summed E-state index contributed by atoms with van der Waals surface area (Å²) in [4.78, 5) is 8.09. The first kappa shape index (κ1) is 19.0. The number of rotatable bonds is 5. The number of thiophene rings is 1. The lowest BCUT2D eigenvalue weighted by molar-refractivity contribution is -0.883. The number of hydrazone groups is 1. The van der Waals surface area contributed by atoms with Crippen LogP contribution in [0.15, 0.2) is 40.5 Å². The molecule has 2 N–H and O–H groups in total. The fourth-order valence-electron chi connectivity index (χ4n) is 2.68. The van der Waals surface area contributed by atoms with E-state index in [1.54, 1.807) is 23.5 Å². The van der Waals surface area contributed by atoms with Crippen LogP contribution in [0.25, 0.3) is 0 Å². The molecule has 26 heavy (non-hydrogen) atoms. The minimum Gasteiger partial charge on any atom is -0.335 e. The molecule has 9 heteroatoms. The van der Waals surface area contributed by atoms with Gasteiger partial charge in [-0.1, -0.05) is 0 Å². The molecule has 0 bridgehead atoms. The molecule has 0 aliphatic carbocycles. The Morgan fingerprint density at radius 1 is 1.27 bits per heavy atom. The highest BCUT2D eigenvalue weighted by Gasteiger charge is 2.29. The minimum absolute atomic E-state index is 0.220. The molecule has 1 aliphatic heterocycles.